The number of thiocarbonyl (C=S) groups is 1. The first-order valence-corrected chi connectivity index (χ1v) is 6.49. The van der Waals surface area contributed by atoms with Gasteiger partial charge in [0.1, 0.15) is 0 Å². The molecule has 0 aliphatic rings. The van der Waals surface area contributed by atoms with Crippen LogP contribution in [0.4, 0.5) is 0 Å². The van der Waals surface area contributed by atoms with Crippen molar-refractivity contribution >= 4 is 29.1 Å². The van der Waals surface area contributed by atoms with E-state index >= 15 is 0 Å². The van der Waals surface area contributed by atoms with Crippen molar-refractivity contribution in [1.82, 2.24) is 16.2 Å². The summed E-state index contributed by atoms with van der Waals surface area (Å²) in [4.78, 5) is 23.5. The van der Waals surface area contributed by atoms with E-state index in [1.165, 1.54) is 12.3 Å². The molecule has 0 saturated heterocycles. The molecule has 2 rings (SSSR count). The summed E-state index contributed by atoms with van der Waals surface area (Å²) in [6.07, 6.45) is 1.38. The molecule has 7 heteroatoms. The number of furan rings is 1. The van der Waals surface area contributed by atoms with Gasteiger partial charge in [-0.05, 0) is 43.4 Å². The summed E-state index contributed by atoms with van der Waals surface area (Å²) >= 11 is 4.90. The minimum absolute atomic E-state index is 0.0302. The van der Waals surface area contributed by atoms with Crippen molar-refractivity contribution in [1.29, 1.82) is 0 Å². The number of carbonyl (C=O) groups is 2. The summed E-state index contributed by atoms with van der Waals surface area (Å²) in [6.45, 7) is 1.89. The molecule has 0 fully saturated rings. The van der Waals surface area contributed by atoms with Gasteiger partial charge in [0, 0.05) is 5.56 Å². The van der Waals surface area contributed by atoms with Crippen LogP contribution in [0.1, 0.15) is 26.5 Å². The Hall–Kier alpha value is -2.67. The minimum atomic E-state index is -0.498. The first-order valence-electron chi connectivity index (χ1n) is 6.08. The lowest BCUT2D eigenvalue weighted by atomic mass is 10.1. The number of amides is 2. The lowest BCUT2D eigenvalue weighted by Crippen LogP contribution is -2.48. The lowest BCUT2D eigenvalue weighted by molar-refractivity contribution is 0.0927. The number of benzene rings is 1. The number of hydrogen-bond donors (Lipinski definition) is 3. The molecule has 0 atom stereocenters. The van der Waals surface area contributed by atoms with Gasteiger partial charge in [0.2, 0.25) is 0 Å². The molecule has 108 valence electrons. The van der Waals surface area contributed by atoms with Gasteiger partial charge in [-0.25, -0.2) is 0 Å². The highest BCUT2D eigenvalue weighted by Gasteiger charge is 2.11. The predicted octanol–water partition coefficient (Wildman–Crippen LogP) is 1.54. The maximum Gasteiger partial charge on any atom is 0.293 e. The zero-order chi connectivity index (χ0) is 15.2. The fraction of sp³-hybridized carbons (Fsp3) is 0.0714. The van der Waals surface area contributed by atoms with Crippen LogP contribution in [0.3, 0.4) is 0 Å². The molecule has 2 amide bonds. The average Bonchev–Trinajstić information content (AvgIpc) is 2.99. The van der Waals surface area contributed by atoms with Gasteiger partial charge in [-0.15, -0.1) is 0 Å². The molecule has 0 unspecified atom stereocenters. The third kappa shape index (κ3) is 4.15. The summed E-state index contributed by atoms with van der Waals surface area (Å²) < 4.78 is 4.92. The monoisotopic (exact) mass is 303 g/mol. The number of aryl methyl sites for hydroxylation is 1. The van der Waals surface area contributed by atoms with E-state index in [1.807, 2.05) is 13.0 Å². The fourth-order valence-electron chi connectivity index (χ4n) is 1.58. The van der Waals surface area contributed by atoms with Crippen LogP contribution in [0.25, 0.3) is 0 Å². The highest BCUT2D eigenvalue weighted by molar-refractivity contribution is 7.80. The van der Waals surface area contributed by atoms with E-state index in [-0.39, 0.29) is 16.8 Å². The van der Waals surface area contributed by atoms with Crippen molar-refractivity contribution in [2.75, 3.05) is 0 Å². The van der Waals surface area contributed by atoms with Crippen molar-refractivity contribution in [3.63, 3.8) is 0 Å². The fourth-order valence-corrected chi connectivity index (χ4v) is 1.72. The van der Waals surface area contributed by atoms with Gasteiger partial charge in [0.25, 0.3) is 11.8 Å². The third-order valence-corrected chi connectivity index (χ3v) is 2.75. The molecule has 0 saturated carbocycles. The first kappa shape index (κ1) is 14.7. The van der Waals surface area contributed by atoms with Gasteiger partial charge in [-0.1, -0.05) is 17.7 Å². The quantitative estimate of drug-likeness (QED) is 0.579. The van der Waals surface area contributed by atoms with Crippen molar-refractivity contribution < 1.29 is 14.0 Å². The Bertz CT molecular complexity index is 668. The van der Waals surface area contributed by atoms with Crippen LogP contribution in [0.15, 0.2) is 47.1 Å². The summed E-state index contributed by atoms with van der Waals surface area (Å²) in [5.74, 6) is -0.722. The lowest BCUT2D eigenvalue weighted by Gasteiger charge is -2.10. The molecule has 6 nitrogen and oxygen atoms in total. The van der Waals surface area contributed by atoms with Crippen LogP contribution < -0.4 is 16.2 Å². The van der Waals surface area contributed by atoms with Crippen molar-refractivity contribution in [2.45, 2.75) is 6.92 Å². The number of carbonyl (C=O) groups excluding carboxylic acids is 2. The van der Waals surface area contributed by atoms with E-state index in [0.29, 0.717) is 5.56 Å². The minimum Gasteiger partial charge on any atom is -0.459 e. The molecule has 1 heterocycles. The second-order valence-corrected chi connectivity index (χ2v) is 4.62. The molecule has 2 aromatic rings. The Labute approximate surface area is 126 Å². The van der Waals surface area contributed by atoms with Gasteiger partial charge in [0.05, 0.1) is 6.26 Å². The molecule has 0 bridgehead atoms. The highest BCUT2D eigenvalue weighted by atomic mass is 32.1. The van der Waals surface area contributed by atoms with Crippen LogP contribution >= 0.6 is 12.2 Å². The Kier molecular flexibility index (Phi) is 4.68. The number of hydrogen-bond acceptors (Lipinski definition) is 4. The standard InChI is InChI=1S/C14H13N3O3S/c1-9-4-2-5-10(8-9)12(18)16-17-14(21)15-13(19)11-6-3-7-20-11/h2-8H,1H3,(H,16,18)(H2,15,17,19,21). The molecule has 0 spiro atoms. The zero-order valence-corrected chi connectivity index (χ0v) is 12.0. The molecule has 0 radical (unpaired) electrons. The predicted molar refractivity (Wildman–Crippen MR) is 80.6 cm³/mol. The summed E-state index contributed by atoms with van der Waals surface area (Å²) in [5.41, 5.74) is 6.31. The van der Waals surface area contributed by atoms with Crippen molar-refractivity contribution in [3.05, 3.63) is 59.5 Å². The highest BCUT2D eigenvalue weighted by Crippen LogP contribution is 2.03. The molecule has 1 aromatic heterocycles. The Balaban J connectivity index is 1.84. The largest absolute Gasteiger partial charge is 0.459 e. The second-order valence-electron chi connectivity index (χ2n) is 4.21. The van der Waals surface area contributed by atoms with Crippen LogP contribution in [0.5, 0.6) is 0 Å². The van der Waals surface area contributed by atoms with E-state index in [1.54, 1.807) is 24.3 Å². The van der Waals surface area contributed by atoms with Gasteiger partial charge in [-0.3, -0.25) is 25.8 Å². The van der Waals surface area contributed by atoms with Gasteiger partial charge in [-0.2, -0.15) is 0 Å². The molecule has 3 N–H and O–H groups in total. The number of nitrogens with one attached hydrogen (secondary N) is 3. The summed E-state index contributed by atoms with van der Waals surface area (Å²) in [7, 11) is 0. The smallest absolute Gasteiger partial charge is 0.293 e. The average molecular weight is 303 g/mol. The number of rotatable bonds is 2. The Morgan fingerprint density at radius 3 is 2.57 bits per heavy atom. The topological polar surface area (TPSA) is 83.4 Å². The van der Waals surface area contributed by atoms with Gasteiger partial charge >= 0.3 is 0 Å². The molecular formula is C14H13N3O3S. The molecule has 0 aliphatic heterocycles. The van der Waals surface area contributed by atoms with Crippen LogP contribution in [0, 0.1) is 6.92 Å². The van der Waals surface area contributed by atoms with Crippen LogP contribution in [0.2, 0.25) is 0 Å². The third-order valence-electron chi connectivity index (χ3n) is 2.54. The van der Waals surface area contributed by atoms with Crippen LogP contribution in [-0.4, -0.2) is 16.9 Å². The second kappa shape index (κ2) is 6.67. The number of hydrazine groups is 1. The van der Waals surface area contributed by atoms with Crippen molar-refractivity contribution in [2.24, 2.45) is 0 Å². The zero-order valence-electron chi connectivity index (χ0n) is 11.2. The van der Waals surface area contributed by atoms with E-state index in [4.69, 9.17) is 16.6 Å². The van der Waals surface area contributed by atoms with Crippen molar-refractivity contribution in [3.8, 4) is 0 Å². The van der Waals surface area contributed by atoms with E-state index in [9.17, 15) is 9.59 Å². The normalized spacial score (nSPS) is 9.76. The molecule has 21 heavy (non-hydrogen) atoms. The Morgan fingerprint density at radius 1 is 1.10 bits per heavy atom. The molecule has 1 aromatic carbocycles. The molecular weight excluding hydrogens is 290 g/mol. The van der Waals surface area contributed by atoms with Gasteiger partial charge < -0.3 is 4.42 Å². The SMILES string of the molecule is Cc1cccc(C(=O)NNC(=S)NC(=O)c2ccco2)c1. The van der Waals surface area contributed by atoms with Crippen LogP contribution in [-0.2, 0) is 0 Å². The summed E-state index contributed by atoms with van der Waals surface area (Å²) in [6, 6.07) is 10.2. The summed E-state index contributed by atoms with van der Waals surface area (Å²) in [5, 5.41) is 2.34. The van der Waals surface area contributed by atoms with E-state index in [0.717, 1.165) is 5.56 Å². The Morgan fingerprint density at radius 2 is 1.90 bits per heavy atom. The first-order chi connectivity index (χ1) is 10.1. The van der Waals surface area contributed by atoms with E-state index < -0.39 is 5.91 Å². The maximum atomic E-state index is 11.9. The van der Waals surface area contributed by atoms with E-state index in [2.05, 4.69) is 16.2 Å². The molecule has 0 aliphatic carbocycles. The maximum absolute atomic E-state index is 11.9. The van der Waals surface area contributed by atoms with Gasteiger partial charge in [0.15, 0.2) is 10.9 Å².